The highest BCUT2D eigenvalue weighted by molar-refractivity contribution is 6.35. The Morgan fingerprint density at radius 2 is 1.81 bits per heavy atom. The third-order valence-corrected chi connectivity index (χ3v) is 5.85. The van der Waals surface area contributed by atoms with E-state index in [0.29, 0.717) is 5.41 Å². The molecule has 3 rings (SSSR count). The van der Waals surface area contributed by atoms with Gasteiger partial charge in [-0.15, -0.1) is 0 Å². The Balaban J connectivity index is 1.86. The lowest BCUT2D eigenvalue weighted by Gasteiger charge is -2.62. The van der Waals surface area contributed by atoms with Crippen LogP contribution in [-0.2, 0) is 5.41 Å². The first-order valence-corrected chi connectivity index (χ1v) is 8.70. The molecule has 0 aromatic heterocycles. The van der Waals surface area contributed by atoms with E-state index in [1.807, 2.05) is 12.1 Å². The lowest BCUT2D eigenvalue weighted by Crippen LogP contribution is -2.59. The average molecular weight is 326 g/mol. The summed E-state index contributed by atoms with van der Waals surface area (Å²) in [6, 6.07) is 6.01. The highest BCUT2D eigenvalue weighted by Gasteiger charge is 2.57. The van der Waals surface area contributed by atoms with Gasteiger partial charge < -0.3 is 5.32 Å². The summed E-state index contributed by atoms with van der Waals surface area (Å²) < 4.78 is 0. The van der Waals surface area contributed by atoms with E-state index in [1.165, 1.54) is 37.7 Å². The lowest BCUT2D eigenvalue weighted by atomic mass is 9.43. The lowest BCUT2D eigenvalue weighted by molar-refractivity contribution is -0.0502. The van der Waals surface area contributed by atoms with Gasteiger partial charge >= 0.3 is 0 Å². The normalized spacial score (nSPS) is 22.7. The van der Waals surface area contributed by atoms with Gasteiger partial charge in [0.15, 0.2) is 0 Å². The molecule has 1 nitrogen and oxygen atoms in total. The highest BCUT2D eigenvalue weighted by atomic mass is 35.5. The molecule has 1 spiro atoms. The third-order valence-electron chi connectivity index (χ3n) is 5.30. The monoisotopic (exact) mass is 325 g/mol. The first-order valence-electron chi connectivity index (χ1n) is 7.94. The number of nitrogens with one attached hydrogen (secondary N) is 1. The van der Waals surface area contributed by atoms with Crippen molar-refractivity contribution in [2.24, 2.45) is 5.41 Å². The quantitative estimate of drug-likeness (QED) is 0.764. The Morgan fingerprint density at radius 3 is 2.29 bits per heavy atom. The molecule has 0 aliphatic heterocycles. The van der Waals surface area contributed by atoms with Gasteiger partial charge in [0.2, 0.25) is 0 Å². The molecule has 0 bridgehead atoms. The van der Waals surface area contributed by atoms with E-state index in [2.05, 4.69) is 32.2 Å². The van der Waals surface area contributed by atoms with Crippen LogP contribution in [0.5, 0.6) is 0 Å². The summed E-state index contributed by atoms with van der Waals surface area (Å²) in [6.07, 6.45) is 6.73. The second kappa shape index (κ2) is 5.15. The fraction of sp³-hybridized carbons (Fsp3) is 0.667. The number of hydrogen-bond acceptors (Lipinski definition) is 1. The molecule has 2 aliphatic carbocycles. The van der Waals surface area contributed by atoms with Crippen LogP contribution in [0.25, 0.3) is 0 Å². The molecule has 1 aromatic carbocycles. The summed E-state index contributed by atoms with van der Waals surface area (Å²) in [7, 11) is 0. The van der Waals surface area contributed by atoms with E-state index in [9.17, 15) is 0 Å². The van der Waals surface area contributed by atoms with Gasteiger partial charge in [0, 0.05) is 27.5 Å². The molecule has 1 N–H and O–H groups in total. The maximum Gasteiger partial charge on any atom is 0.0458 e. The largest absolute Gasteiger partial charge is 0.311 e. The van der Waals surface area contributed by atoms with Crippen molar-refractivity contribution in [1.82, 2.24) is 5.32 Å². The van der Waals surface area contributed by atoms with Crippen LogP contribution < -0.4 is 5.32 Å². The maximum absolute atomic E-state index is 6.52. The van der Waals surface area contributed by atoms with Crippen molar-refractivity contribution in [3.05, 3.63) is 33.8 Å². The molecule has 0 saturated heterocycles. The number of hydrogen-bond donors (Lipinski definition) is 1. The van der Waals surface area contributed by atoms with Gasteiger partial charge in [0.25, 0.3) is 0 Å². The molecule has 0 radical (unpaired) electrons. The van der Waals surface area contributed by atoms with Gasteiger partial charge in [0.05, 0.1) is 0 Å². The Kier molecular flexibility index (Phi) is 3.83. The van der Waals surface area contributed by atoms with Gasteiger partial charge in [-0.2, -0.15) is 0 Å². The first kappa shape index (κ1) is 15.6. The zero-order valence-electron chi connectivity index (χ0n) is 13.2. The van der Waals surface area contributed by atoms with Gasteiger partial charge in [-0.1, -0.05) is 35.7 Å². The van der Waals surface area contributed by atoms with E-state index in [0.717, 1.165) is 16.6 Å². The van der Waals surface area contributed by atoms with E-state index < -0.39 is 0 Å². The zero-order valence-corrected chi connectivity index (χ0v) is 14.7. The van der Waals surface area contributed by atoms with Crippen LogP contribution >= 0.6 is 23.2 Å². The van der Waals surface area contributed by atoms with Crippen molar-refractivity contribution < 1.29 is 0 Å². The molecule has 1 aromatic rings. The van der Waals surface area contributed by atoms with Gasteiger partial charge in [-0.25, -0.2) is 0 Å². The Hall–Kier alpha value is -0.240. The number of halogens is 2. The van der Waals surface area contributed by atoms with Gasteiger partial charge in [-0.3, -0.25) is 0 Å². The minimum absolute atomic E-state index is 0.133. The molecule has 2 saturated carbocycles. The zero-order chi connectivity index (χ0) is 15.3. The maximum atomic E-state index is 6.52. The van der Waals surface area contributed by atoms with Crippen molar-refractivity contribution in [1.29, 1.82) is 0 Å². The highest BCUT2D eigenvalue weighted by Crippen LogP contribution is 2.65. The van der Waals surface area contributed by atoms with Crippen LogP contribution in [0.1, 0.15) is 58.4 Å². The van der Waals surface area contributed by atoms with Crippen molar-refractivity contribution in [3.63, 3.8) is 0 Å². The number of rotatable bonds is 3. The van der Waals surface area contributed by atoms with E-state index >= 15 is 0 Å². The SMILES string of the molecule is CC(C)(C)NCC1(c2ccc(Cl)cc2Cl)CC2(CCC2)C1. The predicted molar refractivity (Wildman–Crippen MR) is 91.4 cm³/mol. The number of benzene rings is 1. The van der Waals surface area contributed by atoms with Crippen molar-refractivity contribution in [3.8, 4) is 0 Å². The molecule has 116 valence electrons. The van der Waals surface area contributed by atoms with Crippen LogP contribution in [0.4, 0.5) is 0 Å². The van der Waals surface area contributed by atoms with Crippen LogP contribution in [0.2, 0.25) is 10.0 Å². The molecule has 3 heteroatoms. The standard InChI is InChI=1S/C18H25Cl2N/c1-16(2,3)21-12-18(10-17(11-18)7-4-8-17)14-6-5-13(19)9-15(14)20/h5-6,9,21H,4,7-8,10-12H2,1-3H3. The molecule has 21 heavy (non-hydrogen) atoms. The molecular weight excluding hydrogens is 301 g/mol. The van der Waals surface area contributed by atoms with E-state index in [4.69, 9.17) is 23.2 Å². The second-order valence-electron chi connectivity index (χ2n) is 8.22. The van der Waals surface area contributed by atoms with Gasteiger partial charge in [0.1, 0.15) is 0 Å². The van der Waals surface area contributed by atoms with Crippen LogP contribution in [0.15, 0.2) is 18.2 Å². The predicted octanol–water partition coefficient (Wildman–Crippen LogP) is 5.58. The summed E-state index contributed by atoms with van der Waals surface area (Å²) >= 11 is 12.6. The fourth-order valence-corrected chi connectivity index (χ4v) is 4.79. The molecule has 2 aliphatic rings. The minimum atomic E-state index is 0.133. The molecule has 0 unspecified atom stereocenters. The molecule has 2 fully saturated rings. The summed E-state index contributed by atoms with van der Waals surface area (Å²) in [4.78, 5) is 0. The first-order chi connectivity index (χ1) is 9.74. The average Bonchev–Trinajstić information content (AvgIpc) is 2.26. The molecule has 0 heterocycles. The van der Waals surface area contributed by atoms with Crippen LogP contribution in [-0.4, -0.2) is 12.1 Å². The summed E-state index contributed by atoms with van der Waals surface area (Å²) in [5.41, 5.74) is 2.22. The summed E-state index contributed by atoms with van der Waals surface area (Å²) in [5, 5.41) is 5.25. The minimum Gasteiger partial charge on any atom is -0.311 e. The Bertz CT molecular complexity index is 533. The van der Waals surface area contributed by atoms with Crippen LogP contribution in [0.3, 0.4) is 0 Å². The fourth-order valence-electron chi connectivity index (χ4n) is 4.18. The van der Waals surface area contributed by atoms with E-state index in [1.54, 1.807) is 0 Å². The Morgan fingerprint density at radius 1 is 1.14 bits per heavy atom. The molecule has 0 amide bonds. The van der Waals surface area contributed by atoms with Crippen molar-refractivity contribution in [2.75, 3.05) is 6.54 Å². The molecular formula is C18H25Cl2N. The third kappa shape index (κ3) is 2.98. The smallest absolute Gasteiger partial charge is 0.0458 e. The second-order valence-corrected chi connectivity index (χ2v) is 9.06. The van der Waals surface area contributed by atoms with Crippen molar-refractivity contribution in [2.45, 2.75) is 63.8 Å². The van der Waals surface area contributed by atoms with Crippen LogP contribution in [0, 0.1) is 5.41 Å². The Labute approximate surface area is 138 Å². The topological polar surface area (TPSA) is 12.0 Å². The summed E-state index contributed by atoms with van der Waals surface area (Å²) in [6.45, 7) is 7.67. The van der Waals surface area contributed by atoms with Gasteiger partial charge in [-0.05, 0) is 69.6 Å². The molecule has 0 atom stereocenters. The van der Waals surface area contributed by atoms with E-state index in [-0.39, 0.29) is 11.0 Å². The summed E-state index contributed by atoms with van der Waals surface area (Å²) in [5.74, 6) is 0. The van der Waals surface area contributed by atoms with Crippen molar-refractivity contribution >= 4 is 23.2 Å².